The van der Waals surface area contributed by atoms with Crippen LogP contribution in [0.2, 0.25) is 5.02 Å². The normalized spacial score (nSPS) is 17.7. The van der Waals surface area contributed by atoms with E-state index in [1.807, 2.05) is 23.0 Å². The third kappa shape index (κ3) is 1.98. The molecule has 1 saturated heterocycles. The summed E-state index contributed by atoms with van der Waals surface area (Å²) in [6.07, 6.45) is 4.06. The number of fused-ring (bicyclic) bond motifs is 1. The van der Waals surface area contributed by atoms with Crippen LogP contribution in [0.3, 0.4) is 0 Å². The fourth-order valence-corrected chi connectivity index (χ4v) is 2.38. The SMILES string of the molecule is Nc1cc2cn(C3CCOCC3)nc2cc1Cl. The molecule has 0 aliphatic carbocycles. The number of nitrogens with two attached hydrogens (primary N) is 1. The van der Waals surface area contributed by atoms with Crippen molar-refractivity contribution in [1.82, 2.24) is 9.78 Å². The number of nitrogen functional groups attached to an aromatic ring is 1. The highest BCUT2D eigenvalue weighted by Gasteiger charge is 2.17. The minimum absolute atomic E-state index is 0.427. The molecule has 0 spiro atoms. The first-order valence-corrected chi connectivity index (χ1v) is 6.13. The van der Waals surface area contributed by atoms with E-state index in [0.29, 0.717) is 16.8 Å². The fraction of sp³-hybridized carbons (Fsp3) is 0.417. The van der Waals surface area contributed by atoms with Crippen LogP contribution in [-0.4, -0.2) is 23.0 Å². The summed E-state index contributed by atoms with van der Waals surface area (Å²) in [6.45, 7) is 1.62. The van der Waals surface area contributed by atoms with Crippen molar-refractivity contribution in [3.63, 3.8) is 0 Å². The number of hydrogen-bond donors (Lipinski definition) is 1. The van der Waals surface area contributed by atoms with Gasteiger partial charge in [0.05, 0.1) is 22.3 Å². The highest BCUT2D eigenvalue weighted by Crippen LogP contribution is 2.27. The Balaban J connectivity index is 2.00. The Bertz CT molecular complexity index is 507. The van der Waals surface area contributed by atoms with Gasteiger partial charge in [0.25, 0.3) is 0 Å². The van der Waals surface area contributed by atoms with Gasteiger partial charge in [-0.15, -0.1) is 0 Å². The van der Waals surface area contributed by atoms with Crippen LogP contribution in [0.4, 0.5) is 5.69 Å². The van der Waals surface area contributed by atoms with Crippen molar-refractivity contribution in [2.45, 2.75) is 18.9 Å². The van der Waals surface area contributed by atoms with Crippen LogP contribution < -0.4 is 5.73 Å². The lowest BCUT2D eigenvalue weighted by Gasteiger charge is -2.22. The minimum atomic E-state index is 0.427. The summed E-state index contributed by atoms with van der Waals surface area (Å²) in [7, 11) is 0. The van der Waals surface area contributed by atoms with Crippen LogP contribution in [0.5, 0.6) is 0 Å². The number of rotatable bonds is 1. The average molecular weight is 252 g/mol. The van der Waals surface area contributed by atoms with Gasteiger partial charge < -0.3 is 10.5 Å². The Labute approximate surface area is 104 Å². The van der Waals surface area contributed by atoms with E-state index >= 15 is 0 Å². The van der Waals surface area contributed by atoms with E-state index in [2.05, 4.69) is 5.10 Å². The Hall–Kier alpha value is -1.26. The molecule has 17 heavy (non-hydrogen) atoms. The first-order chi connectivity index (χ1) is 8.24. The van der Waals surface area contributed by atoms with Crippen molar-refractivity contribution in [3.05, 3.63) is 23.4 Å². The summed E-state index contributed by atoms with van der Waals surface area (Å²) < 4.78 is 7.37. The van der Waals surface area contributed by atoms with E-state index in [0.717, 1.165) is 37.0 Å². The van der Waals surface area contributed by atoms with Crippen LogP contribution in [0.1, 0.15) is 18.9 Å². The summed E-state index contributed by atoms with van der Waals surface area (Å²) in [4.78, 5) is 0. The van der Waals surface area contributed by atoms with Gasteiger partial charge >= 0.3 is 0 Å². The highest BCUT2D eigenvalue weighted by atomic mass is 35.5. The number of aromatic nitrogens is 2. The molecule has 5 heteroatoms. The first-order valence-electron chi connectivity index (χ1n) is 5.75. The van der Waals surface area contributed by atoms with E-state index in [1.54, 1.807) is 0 Å². The fourth-order valence-electron chi connectivity index (χ4n) is 2.22. The van der Waals surface area contributed by atoms with E-state index < -0.39 is 0 Å². The molecule has 1 fully saturated rings. The Morgan fingerprint density at radius 2 is 2.12 bits per heavy atom. The van der Waals surface area contributed by atoms with Gasteiger partial charge in [-0.1, -0.05) is 11.6 Å². The maximum Gasteiger partial charge on any atom is 0.0939 e. The van der Waals surface area contributed by atoms with Gasteiger partial charge in [0.15, 0.2) is 0 Å². The second-order valence-electron chi connectivity index (χ2n) is 4.39. The van der Waals surface area contributed by atoms with Crippen molar-refractivity contribution in [2.24, 2.45) is 0 Å². The van der Waals surface area contributed by atoms with Crippen LogP contribution in [0, 0.1) is 0 Å². The lowest BCUT2D eigenvalue weighted by atomic mass is 10.1. The monoisotopic (exact) mass is 251 g/mol. The molecule has 4 nitrogen and oxygen atoms in total. The maximum absolute atomic E-state index is 5.99. The van der Waals surface area contributed by atoms with Gasteiger partial charge in [0, 0.05) is 24.8 Å². The molecule has 0 radical (unpaired) electrons. The molecule has 0 atom stereocenters. The van der Waals surface area contributed by atoms with Gasteiger partial charge in [0.1, 0.15) is 0 Å². The molecule has 1 aliphatic rings. The zero-order valence-electron chi connectivity index (χ0n) is 9.40. The average Bonchev–Trinajstić information content (AvgIpc) is 2.74. The summed E-state index contributed by atoms with van der Waals surface area (Å²) in [6, 6.07) is 4.12. The zero-order chi connectivity index (χ0) is 11.8. The van der Waals surface area contributed by atoms with Gasteiger partial charge in [-0.2, -0.15) is 5.10 Å². The smallest absolute Gasteiger partial charge is 0.0939 e. The van der Waals surface area contributed by atoms with Crippen LogP contribution in [0.15, 0.2) is 18.3 Å². The van der Waals surface area contributed by atoms with Crippen LogP contribution in [0.25, 0.3) is 10.9 Å². The molecule has 0 saturated carbocycles. The molecule has 1 aliphatic heterocycles. The first kappa shape index (κ1) is 10.9. The molecule has 0 amide bonds. The molecule has 3 rings (SSSR count). The topological polar surface area (TPSA) is 53.1 Å². The highest BCUT2D eigenvalue weighted by molar-refractivity contribution is 6.33. The van der Waals surface area contributed by atoms with E-state index in [1.165, 1.54) is 0 Å². The largest absolute Gasteiger partial charge is 0.398 e. The number of ether oxygens (including phenoxy) is 1. The number of anilines is 1. The molecule has 2 N–H and O–H groups in total. The van der Waals surface area contributed by atoms with Crippen molar-refractivity contribution in [3.8, 4) is 0 Å². The summed E-state index contributed by atoms with van der Waals surface area (Å²) >= 11 is 5.99. The Morgan fingerprint density at radius 1 is 1.35 bits per heavy atom. The third-order valence-corrected chi connectivity index (χ3v) is 3.53. The second kappa shape index (κ2) is 4.20. The van der Waals surface area contributed by atoms with E-state index in [4.69, 9.17) is 22.1 Å². The molecular weight excluding hydrogens is 238 g/mol. The lowest BCUT2D eigenvalue weighted by molar-refractivity contribution is 0.0664. The number of nitrogens with zero attached hydrogens (tertiary/aromatic N) is 2. The van der Waals surface area contributed by atoms with Crippen molar-refractivity contribution in [1.29, 1.82) is 0 Å². The number of benzene rings is 1. The summed E-state index contributed by atoms with van der Waals surface area (Å²) in [5, 5.41) is 6.16. The van der Waals surface area contributed by atoms with E-state index in [9.17, 15) is 0 Å². The molecule has 2 aromatic rings. The van der Waals surface area contributed by atoms with Crippen LogP contribution >= 0.6 is 11.6 Å². The van der Waals surface area contributed by atoms with Gasteiger partial charge in [0.2, 0.25) is 0 Å². The predicted molar refractivity (Wildman–Crippen MR) is 68.2 cm³/mol. The molecule has 2 heterocycles. The molecule has 1 aromatic heterocycles. The quantitative estimate of drug-likeness (QED) is 0.793. The summed E-state index contributed by atoms with van der Waals surface area (Å²) in [5.74, 6) is 0. The van der Waals surface area contributed by atoms with Crippen LogP contribution in [-0.2, 0) is 4.74 Å². The standard InChI is InChI=1S/C12H14ClN3O/c13-10-6-12-8(5-11(10)14)7-16(15-12)9-1-3-17-4-2-9/h5-7,9H,1-4,14H2. The zero-order valence-corrected chi connectivity index (χ0v) is 10.2. The Kier molecular flexibility index (Phi) is 2.68. The second-order valence-corrected chi connectivity index (χ2v) is 4.79. The molecule has 0 bridgehead atoms. The predicted octanol–water partition coefficient (Wildman–Crippen LogP) is 2.62. The number of hydrogen-bond acceptors (Lipinski definition) is 3. The summed E-state index contributed by atoms with van der Waals surface area (Å²) in [5.41, 5.74) is 7.29. The van der Waals surface area contributed by atoms with Gasteiger partial charge in [-0.3, -0.25) is 4.68 Å². The molecule has 0 unspecified atom stereocenters. The molecular formula is C12H14ClN3O. The van der Waals surface area contributed by atoms with Crippen molar-refractivity contribution < 1.29 is 4.74 Å². The molecule has 1 aromatic carbocycles. The van der Waals surface area contributed by atoms with E-state index in [-0.39, 0.29) is 0 Å². The van der Waals surface area contributed by atoms with Crippen molar-refractivity contribution in [2.75, 3.05) is 18.9 Å². The molecule has 90 valence electrons. The van der Waals surface area contributed by atoms with Gasteiger partial charge in [-0.05, 0) is 25.0 Å². The number of halogens is 1. The van der Waals surface area contributed by atoms with Gasteiger partial charge in [-0.25, -0.2) is 0 Å². The maximum atomic E-state index is 5.99. The Morgan fingerprint density at radius 3 is 2.88 bits per heavy atom. The lowest BCUT2D eigenvalue weighted by Crippen LogP contribution is -2.19. The minimum Gasteiger partial charge on any atom is -0.398 e. The van der Waals surface area contributed by atoms with Crippen molar-refractivity contribution >= 4 is 28.2 Å². The third-order valence-electron chi connectivity index (χ3n) is 3.21.